The molecular weight excluding hydrogens is 407 g/mol. The van der Waals surface area contributed by atoms with Gasteiger partial charge in [0.2, 0.25) is 0 Å². The van der Waals surface area contributed by atoms with Crippen molar-refractivity contribution in [2.75, 3.05) is 7.05 Å². The molecule has 0 radical (unpaired) electrons. The molecule has 2 aromatic carbocycles. The molecule has 1 N–H and O–H groups in total. The van der Waals surface area contributed by atoms with Gasteiger partial charge in [-0.25, -0.2) is 9.79 Å². The Morgan fingerprint density at radius 1 is 1.26 bits per heavy atom. The number of likely N-dealkylation sites (N-methyl/N-ethyl adjacent to an activating group) is 1. The van der Waals surface area contributed by atoms with E-state index in [1.165, 1.54) is 22.7 Å². The SMILES string of the molecule is Cc1c(N=C2S/C(=C\c3ccc(Cl)cc3Cl)C(=O)N2C)cccc1C(=O)O. The van der Waals surface area contributed by atoms with Crippen molar-refractivity contribution < 1.29 is 14.7 Å². The molecule has 1 aliphatic heterocycles. The van der Waals surface area contributed by atoms with E-state index in [1.54, 1.807) is 50.4 Å². The molecule has 27 heavy (non-hydrogen) atoms. The van der Waals surface area contributed by atoms with Gasteiger partial charge in [0, 0.05) is 17.1 Å². The number of rotatable bonds is 3. The molecule has 0 bridgehead atoms. The molecule has 1 saturated heterocycles. The third-order valence-electron chi connectivity index (χ3n) is 4.00. The zero-order valence-corrected chi connectivity index (χ0v) is 16.7. The van der Waals surface area contributed by atoms with Crippen LogP contribution in [-0.2, 0) is 4.79 Å². The molecule has 0 saturated carbocycles. The monoisotopic (exact) mass is 420 g/mol. The summed E-state index contributed by atoms with van der Waals surface area (Å²) < 4.78 is 0. The largest absolute Gasteiger partial charge is 0.478 e. The van der Waals surface area contributed by atoms with Crippen molar-refractivity contribution in [3.05, 3.63) is 68.0 Å². The molecule has 0 aliphatic carbocycles. The Morgan fingerprint density at radius 3 is 2.67 bits per heavy atom. The maximum atomic E-state index is 12.5. The number of aliphatic imine (C=N–C) groups is 1. The molecular formula is C19H14Cl2N2O3S. The summed E-state index contributed by atoms with van der Waals surface area (Å²) in [5.41, 5.74) is 1.90. The van der Waals surface area contributed by atoms with Gasteiger partial charge < -0.3 is 5.11 Å². The fourth-order valence-corrected chi connectivity index (χ4v) is 3.92. The topological polar surface area (TPSA) is 70.0 Å². The third-order valence-corrected chi connectivity index (χ3v) is 5.63. The summed E-state index contributed by atoms with van der Waals surface area (Å²) in [7, 11) is 1.62. The lowest BCUT2D eigenvalue weighted by Crippen LogP contribution is -2.23. The molecule has 3 rings (SSSR count). The van der Waals surface area contributed by atoms with Crippen molar-refractivity contribution in [1.29, 1.82) is 0 Å². The van der Waals surface area contributed by atoms with E-state index >= 15 is 0 Å². The zero-order chi connectivity index (χ0) is 19.7. The molecule has 0 spiro atoms. The maximum absolute atomic E-state index is 12.5. The second-order valence-corrected chi connectivity index (χ2v) is 7.64. The molecule has 1 aliphatic rings. The summed E-state index contributed by atoms with van der Waals surface area (Å²) in [5.74, 6) is -1.23. The maximum Gasteiger partial charge on any atom is 0.336 e. The summed E-state index contributed by atoms with van der Waals surface area (Å²) >= 11 is 13.3. The lowest BCUT2D eigenvalue weighted by atomic mass is 10.1. The van der Waals surface area contributed by atoms with E-state index in [2.05, 4.69) is 4.99 Å². The number of carbonyl (C=O) groups is 2. The molecule has 1 heterocycles. The standard InChI is InChI=1S/C19H14Cl2N2O3S/c1-10-13(18(25)26)4-3-5-15(10)22-19-23(2)17(24)16(27-19)8-11-6-7-12(20)9-14(11)21/h3-9H,1-2H3,(H,25,26)/b16-8-,22-19?. The third kappa shape index (κ3) is 4.03. The Hall–Kier alpha value is -2.28. The van der Waals surface area contributed by atoms with Crippen LogP contribution in [0.25, 0.3) is 6.08 Å². The van der Waals surface area contributed by atoms with Gasteiger partial charge in [0.05, 0.1) is 16.2 Å². The number of carboxylic acid groups (broad SMARTS) is 1. The highest BCUT2D eigenvalue weighted by Gasteiger charge is 2.30. The average Bonchev–Trinajstić information content (AvgIpc) is 2.87. The number of carbonyl (C=O) groups excluding carboxylic acids is 1. The lowest BCUT2D eigenvalue weighted by molar-refractivity contribution is -0.121. The van der Waals surface area contributed by atoms with Crippen LogP contribution in [0.15, 0.2) is 46.3 Å². The fourth-order valence-electron chi connectivity index (χ4n) is 2.49. The smallest absolute Gasteiger partial charge is 0.336 e. The van der Waals surface area contributed by atoms with E-state index in [9.17, 15) is 14.7 Å². The van der Waals surface area contributed by atoms with E-state index in [0.29, 0.717) is 36.9 Å². The molecule has 0 unspecified atom stereocenters. The Balaban J connectivity index is 1.97. The van der Waals surface area contributed by atoms with E-state index in [4.69, 9.17) is 23.2 Å². The van der Waals surface area contributed by atoms with Gasteiger partial charge in [-0.15, -0.1) is 0 Å². The molecule has 2 aromatic rings. The number of aromatic carboxylic acids is 1. The van der Waals surface area contributed by atoms with Crippen LogP contribution in [0, 0.1) is 6.92 Å². The van der Waals surface area contributed by atoms with Crippen molar-refractivity contribution >= 4 is 63.8 Å². The zero-order valence-electron chi connectivity index (χ0n) is 14.4. The predicted octanol–water partition coefficient (Wildman–Crippen LogP) is 5.23. The van der Waals surface area contributed by atoms with Gasteiger partial charge in [-0.1, -0.05) is 35.3 Å². The summed E-state index contributed by atoms with van der Waals surface area (Å²) in [5, 5.41) is 10.7. The summed E-state index contributed by atoms with van der Waals surface area (Å²) in [6.45, 7) is 1.69. The van der Waals surface area contributed by atoms with E-state index in [1.807, 2.05) is 0 Å². The van der Waals surface area contributed by atoms with Gasteiger partial charge in [0.15, 0.2) is 5.17 Å². The number of thioether (sulfide) groups is 1. The lowest BCUT2D eigenvalue weighted by Gasteiger charge is -2.09. The fraction of sp³-hybridized carbons (Fsp3) is 0.105. The summed E-state index contributed by atoms with van der Waals surface area (Å²) in [4.78, 5) is 30.2. The molecule has 0 aromatic heterocycles. The highest BCUT2D eigenvalue weighted by molar-refractivity contribution is 8.18. The quantitative estimate of drug-likeness (QED) is 0.689. The first-order valence-electron chi connectivity index (χ1n) is 7.82. The van der Waals surface area contributed by atoms with Crippen molar-refractivity contribution in [2.45, 2.75) is 6.92 Å². The van der Waals surface area contributed by atoms with Crippen LogP contribution in [0.1, 0.15) is 21.5 Å². The van der Waals surface area contributed by atoms with E-state index in [-0.39, 0.29) is 11.5 Å². The van der Waals surface area contributed by atoms with Gasteiger partial charge in [-0.2, -0.15) is 0 Å². The predicted molar refractivity (Wildman–Crippen MR) is 110 cm³/mol. The average molecular weight is 421 g/mol. The van der Waals surface area contributed by atoms with Crippen molar-refractivity contribution in [3.63, 3.8) is 0 Å². The number of nitrogens with zero attached hydrogens (tertiary/aromatic N) is 2. The Kier molecular flexibility index (Phi) is 5.60. The Labute approximate surface area is 170 Å². The second-order valence-electron chi connectivity index (χ2n) is 5.79. The number of halogens is 2. The minimum Gasteiger partial charge on any atom is -0.478 e. The van der Waals surface area contributed by atoms with Gasteiger partial charge in [-0.3, -0.25) is 9.69 Å². The van der Waals surface area contributed by atoms with Crippen molar-refractivity contribution in [2.24, 2.45) is 4.99 Å². The first kappa shape index (κ1) is 19.5. The second kappa shape index (κ2) is 7.76. The minimum atomic E-state index is -1.02. The van der Waals surface area contributed by atoms with Crippen LogP contribution in [0.3, 0.4) is 0 Å². The molecule has 138 valence electrons. The van der Waals surface area contributed by atoms with Crippen LogP contribution in [0.5, 0.6) is 0 Å². The number of carboxylic acids is 1. The highest BCUT2D eigenvalue weighted by atomic mass is 35.5. The van der Waals surface area contributed by atoms with Gasteiger partial charge in [-0.05, 0) is 60.2 Å². The molecule has 0 atom stereocenters. The van der Waals surface area contributed by atoms with E-state index in [0.717, 1.165) is 0 Å². The molecule has 1 fully saturated rings. The van der Waals surface area contributed by atoms with Crippen LogP contribution < -0.4 is 0 Å². The Bertz CT molecular complexity index is 1020. The number of hydrogen-bond acceptors (Lipinski definition) is 4. The Morgan fingerprint density at radius 2 is 2.00 bits per heavy atom. The summed E-state index contributed by atoms with van der Waals surface area (Å²) in [6, 6.07) is 9.91. The van der Waals surface area contributed by atoms with Crippen molar-refractivity contribution in [3.8, 4) is 0 Å². The van der Waals surface area contributed by atoms with Gasteiger partial charge >= 0.3 is 5.97 Å². The molecule has 1 amide bonds. The van der Waals surface area contributed by atoms with Gasteiger partial charge in [0.25, 0.3) is 5.91 Å². The van der Waals surface area contributed by atoms with Crippen LogP contribution in [-0.4, -0.2) is 34.1 Å². The number of amides is 1. The van der Waals surface area contributed by atoms with E-state index < -0.39 is 5.97 Å². The van der Waals surface area contributed by atoms with Crippen LogP contribution in [0.2, 0.25) is 10.0 Å². The first-order chi connectivity index (χ1) is 12.8. The minimum absolute atomic E-state index is 0.178. The van der Waals surface area contributed by atoms with Crippen LogP contribution in [0.4, 0.5) is 5.69 Å². The van der Waals surface area contributed by atoms with Crippen molar-refractivity contribution in [1.82, 2.24) is 4.90 Å². The number of benzene rings is 2. The molecule has 5 nitrogen and oxygen atoms in total. The van der Waals surface area contributed by atoms with Gasteiger partial charge in [0.1, 0.15) is 0 Å². The normalized spacial score (nSPS) is 17.2. The number of amidine groups is 1. The highest BCUT2D eigenvalue weighted by Crippen LogP contribution is 2.35. The first-order valence-corrected chi connectivity index (χ1v) is 9.39. The van der Waals surface area contributed by atoms with Crippen LogP contribution >= 0.6 is 35.0 Å². The molecule has 8 heteroatoms. The number of hydrogen-bond donors (Lipinski definition) is 1. The summed E-state index contributed by atoms with van der Waals surface area (Å²) in [6.07, 6.45) is 1.69.